The lowest BCUT2D eigenvalue weighted by Crippen LogP contribution is -2.31. The highest BCUT2D eigenvalue weighted by molar-refractivity contribution is 6.07. The average Bonchev–Trinajstić information content (AvgIpc) is 3.26. The number of aryl methyl sites for hydroxylation is 2. The molecule has 5 rings (SSSR count). The van der Waals surface area contributed by atoms with Gasteiger partial charge in [-0.3, -0.25) is 9.36 Å². The summed E-state index contributed by atoms with van der Waals surface area (Å²) in [5.41, 5.74) is 6.57. The summed E-state index contributed by atoms with van der Waals surface area (Å²) in [5, 5.41) is 6.48. The van der Waals surface area contributed by atoms with Crippen LogP contribution in [-0.2, 0) is 4.79 Å². The number of nitrogens with zero attached hydrogens (tertiary/aromatic N) is 2. The number of para-hydroxylation sites is 2. The number of hydrogen-bond donors (Lipinski definition) is 2. The van der Waals surface area contributed by atoms with E-state index in [4.69, 9.17) is 19.2 Å². The van der Waals surface area contributed by atoms with Gasteiger partial charge in [0.1, 0.15) is 0 Å². The van der Waals surface area contributed by atoms with Crippen LogP contribution < -0.4 is 24.8 Å². The van der Waals surface area contributed by atoms with Gasteiger partial charge in [-0.1, -0.05) is 29.8 Å². The van der Waals surface area contributed by atoms with E-state index in [2.05, 4.69) is 10.6 Å². The molecule has 1 atom stereocenters. The van der Waals surface area contributed by atoms with Crippen molar-refractivity contribution in [2.75, 3.05) is 32.0 Å². The first-order valence-electron chi connectivity index (χ1n) is 12.0. The van der Waals surface area contributed by atoms with Gasteiger partial charge in [0.05, 0.1) is 44.0 Å². The van der Waals surface area contributed by atoms with E-state index in [1.807, 2.05) is 79.9 Å². The van der Waals surface area contributed by atoms with Crippen molar-refractivity contribution in [1.29, 1.82) is 0 Å². The minimum Gasteiger partial charge on any atom is -0.493 e. The van der Waals surface area contributed by atoms with Gasteiger partial charge in [-0.2, -0.15) is 0 Å². The number of amides is 1. The van der Waals surface area contributed by atoms with Crippen LogP contribution in [0.5, 0.6) is 17.2 Å². The van der Waals surface area contributed by atoms with Crippen LogP contribution in [0.2, 0.25) is 0 Å². The number of nitrogens with one attached hydrogen (secondary N) is 2. The van der Waals surface area contributed by atoms with Crippen molar-refractivity contribution in [3.05, 3.63) is 82.6 Å². The van der Waals surface area contributed by atoms with Crippen LogP contribution in [0, 0.1) is 13.8 Å². The highest BCUT2D eigenvalue weighted by Gasteiger charge is 2.37. The van der Waals surface area contributed by atoms with Crippen molar-refractivity contribution in [2.24, 2.45) is 0 Å². The minimum absolute atomic E-state index is 0.220. The third-order valence-corrected chi connectivity index (χ3v) is 6.73. The predicted molar refractivity (Wildman–Crippen MR) is 145 cm³/mol. The number of ether oxygens (including phenoxy) is 3. The molecule has 8 heteroatoms. The molecule has 2 N–H and O–H groups in total. The molecule has 0 spiro atoms. The van der Waals surface area contributed by atoms with Crippen molar-refractivity contribution in [2.45, 2.75) is 26.8 Å². The monoisotopic (exact) mass is 498 g/mol. The lowest BCUT2D eigenvalue weighted by molar-refractivity contribution is -0.113. The lowest BCUT2D eigenvalue weighted by Gasteiger charge is -2.32. The maximum Gasteiger partial charge on any atom is 0.255 e. The zero-order valence-corrected chi connectivity index (χ0v) is 21.8. The Morgan fingerprint density at radius 2 is 1.70 bits per heavy atom. The summed E-state index contributed by atoms with van der Waals surface area (Å²) in [4.78, 5) is 18.8. The molecule has 37 heavy (non-hydrogen) atoms. The number of benzene rings is 3. The zero-order chi connectivity index (χ0) is 26.3. The molecular formula is C29H30N4O4. The van der Waals surface area contributed by atoms with Crippen molar-refractivity contribution in [1.82, 2.24) is 9.55 Å². The Labute approximate surface area is 215 Å². The zero-order valence-electron chi connectivity index (χ0n) is 21.8. The van der Waals surface area contributed by atoms with Gasteiger partial charge in [-0.25, -0.2) is 4.98 Å². The number of methoxy groups -OCH3 is 3. The molecule has 1 aliphatic heterocycles. The molecule has 1 aromatic heterocycles. The highest BCUT2D eigenvalue weighted by Crippen LogP contribution is 2.48. The number of rotatable bonds is 6. The Hall–Kier alpha value is -4.46. The molecule has 190 valence electrons. The fourth-order valence-electron chi connectivity index (χ4n) is 5.04. The van der Waals surface area contributed by atoms with Gasteiger partial charge in [-0.15, -0.1) is 0 Å². The summed E-state index contributed by atoms with van der Waals surface area (Å²) >= 11 is 0. The van der Waals surface area contributed by atoms with E-state index >= 15 is 0 Å². The van der Waals surface area contributed by atoms with Crippen molar-refractivity contribution < 1.29 is 19.0 Å². The standard InChI is InChI=1S/C29H30N4O4/c1-16-11-13-20(17(2)15-16)31-28(34)24-18(3)30-29-32-21-9-7-8-10-22(21)33(29)25(24)19-12-14-23(35-4)27(37-6)26(19)36-5/h7-15,25H,1-6H3,(H,30,32)(H,31,34)/t25-/m0/s1. The normalized spacial score (nSPS) is 14.7. The largest absolute Gasteiger partial charge is 0.493 e. The topological polar surface area (TPSA) is 86.6 Å². The molecular weight excluding hydrogens is 468 g/mol. The van der Waals surface area contributed by atoms with E-state index in [0.717, 1.165) is 33.4 Å². The van der Waals surface area contributed by atoms with E-state index in [1.165, 1.54) is 0 Å². The van der Waals surface area contributed by atoms with Gasteiger partial charge in [0, 0.05) is 16.9 Å². The van der Waals surface area contributed by atoms with Gasteiger partial charge in [0.25, 0.3) is 5.91 Å². The fraction of sp³-hybridized carbons (Fsp3) is 0.241. The molecule has 0 saturated heterocycles. The van der Waals surface area contributed by atoms with Crippen molar-refractivity contribution >= 4 is 28.6 Å². The van der Waals surface area contributed by atoms with Crippen molar-refractivity contribution in [3.63, 3.8) is 0 Å². The summed E-state index contributed by atoms with van der Waals surface area (Å²) in [5.74, 6) is 1.90. The Bertz CT molecular complexity index is 1550. The van der Waals surface area contributed by atoms with Gasteiger partial charge >= 0.3 is 0 Å². The van der Waals surface area contributed by atoms with Crippen LogP contribution in [0.3, 0.4) is 0 Å². The second kappa shape index (κ2) is 9.54. The summed E-state index contributed by atoms with van der Waals surface area (Å²) in [7, 11) is 4.73. The Morgan fingerprint density at radius 3 is 2.41 bits per heavy atom. The maximum absolute atomic E-state index is 14.0. The molecule has 0 unspecified atom stereocenters. The Balaban J connectivity index is 1.74. The molecule has 8 nitrogen and oxygen atoms in total. The lowest BCUT2D eigenvalue weighted by atomic mass is 9.92. The van der Waals surface area contributed by atoms with Crippen LogP contribution in [0.1, 0.15) is 29.7 Å². The van der Waals surface area contributed by atoms with E-state index in [-0.39, 0.29) is 5.91 Å². The number of imidazole rings is 1. The smallest absolute Gasteiger partial charge is 0.255 e. The van der Waals surface area contributed by atoms with Crippen LogP contribution in [-0.4, -0.2) is 36.8 Å². The number of carbonyl (C=O) groups excluding carboxylic acids is 1. The molecule has 2 heterocycles. The van der Waals surface area contributed by atoms with Crippen LogP contribution in [0.25, 0.3) is 11.0 Å². The molecule has 1 amide bonds. The van der Waals surface area contributed by atoms with Crippen LogP contribution >= 0.6 is 0 Å². The van der Waals surface area contributed by atoms with Crippen LogP contribution in [0.4, 0.5) is 11.6 Å². The first kappa shape index (κ1) is 24.2. The average molecular weight is 499 g/mol. The van der Waals surface area contributed by atoms with Gasteiger partial charge in [0.15, 0.2) is 11.5 Å². The molecule has 4 aromatic rings. The van der Waals surface area contributed by atoms with Gasteiger partial charge in [0.2, 0.25) is 11.7 Å². The Kier molecular flexibility index (Phi) is 6.25. The van der Waals surface area contributed by atoms with Gasteiger partial charge in [-0.05, 0) is 56.7 Å². The third-order valence-electron chi connectivity index (χ3n) is 6.73. The Morgan fingerprint density at radius 1 is 0.946 bits per heavy atom. The second-order valence-corrected chi connectivity index (χ2v) is 9.06. The quantitative estimate of drug-likeness (QED) is 0.360. The number of hydrogen-bond acceptors (Lipinski definition) is 6. The molecule has 0 bridgehead atoms. The predicted octanol–water partition coefficient (Wildman–Crippen LogP) is 5.61. The fourth-order valence-corrected chi connectivity index (χ4v) is 5.04. The van der Waals surface area contributed by atoms with E-state index in [9.17, 15) is 4.79 Å². The molecule has 0 saturated carbocycles. The van der Waals surface area contributed by atoms with Gasteiger partial charge < -0.3 is 24.8 Å². The summed E-state index contributed by atoms with van der Waals surface area (Å²) < 4.78 is 19.1. The number of fused-ring (bicyclic) bond motifs is 3. The molecule has 0 aliphatic carbocycles. The molecule has 1 aliphatic rings. The minimum atomic E-state index is -0.552. The molecule has 0 radical (unpaired) electrons. The molecule has 3 aromatic carbocycles. The first-order valence-corrected chi connectivity index (χ1v) is 12.0. The number of allylic oxidation sites excluding steroid dienone is 1. The summed E-state index contributed by atoms with van der Waals surface area (Å²) in [6, 6.07) is 17.0. The maximum atomic E-state index is 14.0. The molecule has 0 fully saturated rings. The SMILES string of the molecule is COc1ccc([C@H]2C(C(=O)Nc3ccc(C)cc3C)=C(C)Nc3nc4ccccc4n32)c(OC)c1OC. The van der Waals surface area contributed by atoms with Crippen molar-refractivity contribution in [3.8, 4) is 17.2 Å². The van der Waals surface area contributed by atoms with E-state index in [0.29, 0.717) is 34.5 Å². The summed E-state index contributed by atoms with van der Waals surface area (Å²) in [6.45, 7) is 5.90. The number of anilines is 2. The first-order chi connectivity index (χ1) is 17.9. The van der Waals surface area contributed by atoms with E-state index < -0.39 is 6.04 Å². The number of aromatic nitrogens is 2. The summed E-state index contributed by atoms with van der Waals surface area (Å²) in [6.07, 6.45) is 0. The number of carbonyl (C=O) groups is 1. The highest BCUT2D eigenvalue weighted by atomic mass is 16.5. The second-order valence-electron chi connectivity index (χ2n) is 9.06. The van der Waals surface area contributed by atoms with E-state index in [1.54, 1.807) is 21.3 Å². The third kappa shape index (κ3) is 4.04. The van der Waals surface area contributed by atoms with Crippen LogP contribution in [0.15, 0.2) is 65.9 Å².